The molecular weight excluding hydrogens is 288 g/mol. The van der Waals surface area contributed by atoms with Crippen LogP contribution in [0.2, 0.25) is 0 Å². The van der Waals surface area contributed by atoms with Crippen molar-refractivity contribution < 1.29 is 14.7 Å². The molecule has 0 aliphatic heterocycles. The maximum atomic E-state index is 12.9. The van der Waals surface area contributed by atoms with Crippen LogP contribution in [0.4, 0.5) is 0 Å². The number of aliphatic hydroxyl groups is 1. The zero-order chi connectivity index (χ0) is 17.2. The highest BCUT2D eigenvalue weighted by Crippen LogP contribution is 2.59. The van der Waals surface area contributed by atoms with Gasteiger partial charge in [-0.25, -0.2) is 0 Å². The number of aliphatic hydroxyl groups excluding tert-OH is 1. The first kappa shape index (κ1) is 16.2. The molecule has 3 nitrogen and oxygen atoms in total. The van der Waals surface area contributed by atoms with Crippen LogP contribution in [0.3, 0.4) is 0 Å². The van der Waals surface area contributed by atoms with Gasteiger partial charge in [0.25, 0.3) is 0 Å². The Morgan fingerprint density at radius 3 is 2.39 bits per heavy atom. The van der Waals surface area contributed by atoms with Gasteiger partial charge in [-0.05, 0) is 30.1 Å². The van der Waals surface area contributed by atoms with Gasteiger partial charge in [-0.2, -0.15) is 0 Å². The lowest BCUT2D eigenvalue weighted by molar-refractivity contribution is -0.134. The van der Waals surface area contributed by atoms with Crippen LogP contribution in [0, 0.1) is 22.7 Å². The second kappa shape index (κ2) is 4.93. The van der Waals surface area contributed by atoms with Gasteiger partial charge in [-0.15, -0.1) is 0 Å². The van der Waals surface area contributed by atoms with Crippen molar-refractivity contribution >= 4 is 11.6 Å². The van der Waals surface area contributed by atoms with E-state index in [0.29, 0.717) is 11.1 Å². The topological polar surface area (TPSA) is 54.4 Å². The zero-order valence-electron chi connectivity index (χ0n) is 14.7. The van der Waals surface area contributed by atoms with Crippen LogP contribution in [-0.4, -0.2) is 16.7 Å². The first-order chi connectivity index (χ1) is 10.6. The van der Waals surface area contributed by atoms with Crippen molar-refractivity contribution in [3.05, 3.63) is 34.6 Å². The van der Waals surface area contributed by atoms with E-state index in [1.165, 1.54) is 0 Å². The fourth-order valence-corrected chi connectivity index (χ4v) is 5.02. The number of allylic oxidation sites excluding steroid dienone is 4. The van der Waals surface area contributed by atoms with E-state index in [1.807, 2.05) is 19.9 Å². The Hall–Kier alpha value is -1.64. The van der Waals surface area contributed by atoms with Crippen molar-refractivity contribution in [2.75, 3.05) is 0 Å². The number of ketones is 2. The number of rotatable bonds is 1. The minimum atomic E-state index is -0.519. The van der Waals surface area contributed by atoms with Gasteiger partial charge in [0.1, 0.15) is 5.76 Å². The van der Waals surface area contributed by atoms with Crippen molar-refractivity contribution in [2.45, 2.75) is 53.9 Å². The normalized spacial score (nSPS) is 33.2. The van der Waals surface area contributed by atoms with Crippen LogP contribution < -0.4 is 0 Å². The van der Waals surface area contributed by atoms with E-state index in [2.05, 4.69) is 26.8 Å². The van der Waals surface area contributed by atoms with Gasteiger partial charge in [-0.3, -0.25) is 9.59 Å². The standard InChI is InChI=1S/C20H26O3/c1-11(2)14-16(21)12-7-8-13-19(3,4)9-6-10-20(13,5)15(12)18(23)17(14)22/h7-8,11,13,21H,6,9-10H2,1-5H3/t13-,20-/m0/s1. The number of hydrogen-bond acceptors (Lipinski definition) is 3. The molecule has 3 heteroatoms. The Labute approximate surface area is 138 Å². The highest BCUT2D eigenvalue weighted by atomic mass is 16.3. The summed E-state index contributed by atoms with van der Waals surface area (Å²) in [7, 11) is 0. The first-order valence-corrected chi connectivity index (χ1v) is 8.57. The predicted molar refractivity (Wildman–Crippen MR) is 89.9 cm³/mol. The van der Waals surface area contributed by atoms with Crippen molar-refractivity contribution in [1.82, 2.24) is 0 Å². The molecule has 2 atom stereocenters. The second-order valence-corrected chi connectivity index (χ2v) is 8.46. The molecule has 3 aliphatic rings. The van der Waals surface area contributed by atoms with Gasteiger partial charge in [0, 0.05) is 22.1 Å². The molecule has 0 heterocycles. The van der Waals surface area contributed by atoms with E-state index >= 15 is 0 Å². The summed E-state index contributed by atoms with van der Waals surface area (Å²) in [5.41, 5.74) is 1.10. The molecule has 3 rings (SSSR count). The lowest BCUT2D eigenvalue weighted by Gasteiger charge is -2.52. The summed E-state index contributed by atoms with van der Waals surface area (Å²) in [5.74, 6) is -0.861. The number of Topliss-reactive ketones (excluding diaryl/α,β-unsaturated/α-hetero) is 2. The molecule has 3 aliphatic carbocycles. The lowest BCUT2D eigenvalue weighted by Crippen LogP contribution is -2.48. The smallest absolute Gasteiger partial charge is 0.233 e. The summed E-state index contributed by atoms with van der Waals surface area (Å²) in [6, 6.07) is 0. The molecule has 1 fully saturated rings. The molecular formula is C20H26O3. The highest BCUT2D eigenvalue weighted by molar-refractivity contribution is 6.50. The molecule has 0 unspecified atom stereocenters. The van der Waals surface area contributed by atoms with Crippen LogP contribution in [0.1, 0.15) is 53.9 Å². The van der Waals surface area contributed by atoms with Gasteiger partial charge < -0.3 is 5.11 Å². The lowest BCUT2D eigenvalue weighted by atomic mass is 9.50. The zero-order valence-corrected chi connectivity index (χ0v) is 14.7. The molecule has 0 amide bonds. The van der Waals surface area contributed by atoms with Gasteiger partial charge in [0.2, 0.25) is 11.6 Å². The van der Waals surface area contributed by atoms with E-state index in [9.17, 15) is 14.7 Å². The van der Waals surface area contributed by atoms with Crippen molar-refractivity contribution in [3.63, 3.8) is 0 Å². The summed E-state index contributed by atoms with van der Waals surface area (Å²) < 4.78 is 0. The summed E-state index contributed by atoms with van der Waals surface area (Å²) >= 11 is 0. The molecule has 1 N–H and O–H groups in total. The Balaban J connectivity index is 2.23. The average Bonchev–Trinajstić information content (AvgIpc) is 2.43. The molecule has 0 saturated heterocycles. The van der Waals surface area contributed by atoms with Crippen LogP contribution in [0.15, 0.2) is 34.6 Å². The molecule has 0 spiro atoms. The maximum absolute atomic E-state index is 12.9. The largest absolute Gasteiger partial charge is 0.507 e. The fraction of sp³-hybridized carbons (Fsp3) is 0.600. The maximum Gasteiger partial charge on any atom is 0.233 e. The third-order valence-electron chi connectivity index (χ3n) is 6.11. The Morgan fingerprint density at radius 1 is 1.13 bits per heavy atom. The SMILES string of the molecule is CC(C)C1=C(O)C2=C(C(=O)C1=O)[C@@]1(C)CCCC(C)(C)[C@@H]1C=C2. The minimum absolute atomic E-state index is 0.0129. The van der Waals surface area contributed by atoms with Gasteiger partial charge >= 0.3 is 0 Å². The number of fused-ring (bicyclic) bond motifs is 2. The highest BCUT2D eigenvalue weighted by Gasteiger charge is 2.53. The average molecular weight is 314 g/mol. The number of carbonyl (C=O) groups is 2. The minimum Gasteiger partial charge on any atom is -0.507 e. The molecule has 124 valence electrons. The first-order valence-electron chi connectivity index (χ1n) is 8.57. The summed E-state index contributed by atoms with van der Waals surface area (Å²) in [6.07, 6.45) is 7.05. The van der Waals surface area contributed by atoms with Crippen molar-refractivity contribution in [3.8, 4) is 0 Å². The van der Waals surface area contributed by atoms with E-state index in [1.54, 1.807) is 0 Å². The summed E-state index contributed by atoms with van der Waals surface area (Å²) in [4.78, 5) is 25.5. The molecule has 0 aromatic heterocycles. The summed E-state index contributed by atoms with van der Waals surface area (Å²) in [6.45, 7) is 10.2. The van der Waals surface area contributed by atoms with Crippen LogP contribution >= 0.6 is 0 Å². The Bertz CT molecular complexity index is 688. The third kappa shape index (κ3) is 2.09. The van der Waals surface area contributed by atoms with Crippen molar-refractivity contribution in [2.24, 2.45) is 22.7 Å². The fourth-order valence-electron chi connectivity index (χ4n) is 5.02. The molecule has 0 aromatic carbocycles. The van der Waals surface area contributed by atoms with Crippen molar-refractivity contribution in [1.29, 1.82) is 0 Å². The van der Waals surface area contributed by atoms with Crippen LogP contribution in [0.5, 0.6) is 0 Å². The number of hydrogen-bond donors (Lipinski definition) is 1. The van der Waals surface area contributed by atoms with Gasteiger partial charge in [0.05, 0.1) is 0 Å². The van der Waals surface area contributed by atoms with Gasteiger partial charge in [-0.1, -0.05) is 53.2 Å². The molecule has 0 bridgehead atoms. The van der Waals surface area contributed by atoms with E-state index in [4.69, 9.17) is 0 Å². The van der Waals surface area contributed by atoms with Gasteiger partial charge in [0.15, 0.2) is 0 Å². The molecule has 0 radical (unpaired) electrons. The van der Waals surface area contributed by atoms with E-state index < -0.39 is 11.6 Å². The Kier molecular flexibility index (Phi) is 3.48. The molecule has 1 saturated carbocycles. The Morgan fingerprint density at radius 2 is 1.78 bits per heavy atom. The van der Waals surface area contributed by atoms with E-state index in [-0.39, 0.29) is 34.0 Å². The van der Waals surface area contributed by atoms with E-state index in [0.717, 1.165) is 19.3 Å². The second-order valence-electron chi connectivity index (χ2n) is 8.46. The number of carbonyl (C=O) groups excluding carboxylic acids is 2. The quantitative estimate of drug-likeness (QED) is 0.580. The molecule has 23 heavy (non-hydrogen) atoms. The van der Waals surface area contributed by atoms with Crippen LogP contribution in [-0.2, 0) is 9.59 Å². The molecule has 0 aromatic rings. The monoisotopic (exact) mass is 314 g/mol. The third-order valence-corrected chi connectivity index (χ3v) is 6.11. The summed E-state index contributed by atoms with van der Waals surface area (Å²) in [5, 5.41) is 10.7. The van der Waals surface area contributed by atoms with Crippen LogP contribution in [0.25, 0.3) is 0 Å². The predicted octanol–water partition coefficient (Wildman–Crippen LogP) is 4.31.